The summed E-state index contributed by atoms with van der Waals surface area (Å²) in [5.41, 5.74) is 1.11. The number of aromatic nitrogens is 1. The van der Waals surface area contributed by atoms with Crippen LogP contribution in [0.2, 0.25) is 0 Å². The van der Waals surface area contributed by atoms with E-state index >= 15 is 0 Å². The number of carboxylic acid groups (broad SMARTS) is 1. The van der Waals surface area contributed by atoms with E-state index in [2.05, 4.69) is 11.2 Å². The molecule has 1 aromatic heterocycles. The van der Waals surface area contributed by atoms with Gasteiger partial charge in [0.05, 0.1) is 11.8 Å². The molecule has 0 saturated heterocycles. The number of rotatable bonds is 1. The number of fused-ring (bicyclic) bond motifs is 1. The Labute approximate surface area is 68.6 Å². The number of nitrogens with one attached hydrogen (secondary N) is 1. The molecule has 0 aliphatic heterocycles. The van der Waals surface area contributed by atoms with Crippen LogP contribution in [0.4, 0.5) is 0 Å². The van der Waals surface area contributed by atoms with Crippen LogP contribution in [0.1, 0.15) is 10.4 Å². The zero-order chi connectivity index (χ0) is 8.55. The van der Waals surface area contributed by atoms with Crippen LogP contribution in [0.3, 0.4) is 0 Å². The third kappa shape index (κ3) is 0.871. The Kier molecular flexibility index (Phi) is 1.37. The van der Waals surface area contributed by atoms with Crippen molar-refractivity contribution in [1.29, 1.82) is 0 Å². The van der Waals surface area contributed by atoms with Crippen molar-refractivity contribution in [2.24, 2.45) is 0 Å². The Morgan fingerprint density at radius 2 is 2.33 bits per heavy atom. The predicted octanol–water partition coefficient (Wildman–Crippen LogP) is 1.67. The third-order valence-corrected chi connectivity index (χ3v) is 1.76. The standard InChI is InChI=1S/C9H6NO2/c11-9(12)7-2-1-3-8-6(7)4-5-10-8/h1-4,10H,(H,11,12). The molecule has 0 aliphatic rings. The van der Waals surface area contributed by atoms with E-state index in [0.29, 0.717) is 10.9 Å². The van der Waals surface area contributed by atoms with E-state index in [1.807, 2.05) is 6.07 Å². The molecule has 0 aliphatic carbocycles. The third-order valence-electron chi connectivity index (χ3n) is 1.76. The van der Waals surface area contributed by atoms with Gasteiger partial charge in [-0.1, -0.05) is 6.07 Å². The average Bonchev–Trinajstić information content (AvgIpc) is 2.49. The monoisotopic (exact) mass is 160 g/mol. The van der Waals surface area contributed by atoms with E-state index in [1.165, 1.54) is 0 Å². The lowest BCUT2D eigenvalue weighted by Gasteiger charge is -1.94. The normalized spacial score (nSPS) is 10.3. The highest BCUT2D eigenvalue weighted by Crippen LogP contribution is 2.16. The summed E-state index contributed by atoms with van der Waals surface area (Å²) in [4.78, 5) is 13.5. The summed E-state index contributed by atoms with van der Waals surface area (Å²) >= 11 is 0. The zero-order valence-electron chi connectivity index (χ0n) is 6.16. The van der Waals surface area contributed by atoms with Gasteiger partial charge in [0.15, 0.2) is 0 Å². The van der Waals surface area contributed by atoms with Gasteiger partial charge in [0.25, 0.3) is 0 Å². The second-order valence-corrected chi connectivity index (χ2v) is 2.49. The van der Waals surface area contributed by atoms with E-state index in [0.717, 1.165) is 5.52 Å². The van der Waals surface area contributed by atoms with Gasteiger partial charge in [0.1, 0.15) is 0 Å². The largest absolute Gasteiger partial charge is 0.478 e. The molecule has 0 spiro atoms. The topological polar surface area (TPSA) is 53.1 Å². The Morgan fingerprint density at radius 1 is 1.50 bits per heavy atom. The fourth-order valence-corrected chi connectivity index (χ4v) is 1.20. The molecule has 3 nitrogen and oxygen atoms in total. The first-order valence-corrected chi connectivity index (χ1v) is 3.50. The van der Waals surface area contributed by atoms with Gasteiger partial charge in [-0.05, 0) is 18.2 Å². The number of H-pyrrole nitrogens is 1. The summed E-state index contributed by atoms with van der Waals surface area (Å²) in [6.45, 7) is 0. The summed E-state index contributed by atoms with van der Waals surface area (Å²) in [6, 6.07) is 6.74. The molecule has 0 unspecified atom stereocenters. The summed E-state index contributed by atoms with van der Waals surface area (Å²) in [5.74, 6) is -0.909. The van der Waals surface area contributed by atoms with Crippen LogP contribution >= 0.6 is 0 Å². The molecule has 3 heteroatoms. The van der Waals surface area contributed by atoms with Crippen molar-refractivity contribution in [3.05, 3.63) is 36.0 Å². The second-order valence-electron chi connectivity index (χ2n) is 2.49. The second kappa shape index (κ2) is 2.37. The highest BCUT2D eigenvalue weighted by atomic mass is 16.4. The lowest BCUT2D eigenvalue weighted by atomic mass is 10.1. The first kappa shape index (κ1) is 6.91. The van der Waals surface area contributed by atoms with Crippen molar-refractivity contribution >= 4 is 16.9 Å². The molecule has 59 valence electrons. The minimum absolute atomic E-state index is 0.310. The number of benzene rings is 1. The van der Waals surface area contributed by atoms with Crippen LogP contribution in [-0.4, -0.2) is 16.1 Å². The summed E-state index contributed by atoms with van der Waals surface area (Å²) in [7, 11) is 0. The highest BCUT2D eigenvalue weighted by molar-refractivity contribution is 6.02. The molecule has 1 aromatic carbocycles. The Morgan fingerprint density at radius 3 is 3.08 bits per heavy atom. The molecule has 0 atom stereocenters. The lowest BCUT2D eigenvalue weighted by Crippen LogP contribution is -1.95. The van der Waals surface area contributed by atoms with Crippen LogP contribution in [0.25, 0.3) is 10.9 Å². The van der Waals surface area contributed by atoms with Crippen molar-refractivity contribution in [2.75, 3.05) is 0 Å². The molecule has 2 aromatic rings. The molecule has 2 N–H and O–H groups in total. The van der Waals surface area contributed by atoms with Crippen molar-refractivity contribution in [2.45, 2.75) is 0 Å². The Balaban J connectivity index is 2.82. The number of hydrogen-bond acceptors (Lipinski definition) is 1. The van der Waals surface area contributed by atoms with E-state index in [4.69, 9.17) is 5.11 Å². The van der Waals surface area contributed by atoms with Crippen LogP contribution in [-0.2, 0) is 0 Å². The number of aromatic amines is 1. The molecule has 1 heterocycles. The van der Waals surface area contributed by atoms with Crippen LogP contribution in [0, 0.1) is 6.20 Å². The van der Waals surface area contributed by atoms with Crippen LogP contribution < -0.4 is 0 Å². The molecule has 0 fully saturated rings. The maximum Gasteiger partial charge on any atom is 0.336 e. The highest BCUT2D eigenvalue weighted by Gasteiger charge is 2.07. The zero-order valence-corrected chi connectivity index (χ0v) is 6.16. The molecular weight excluding hydrogens is 154 g/mol. The van der Waals surface area contributed by atoms with E-state index in [1.54, 1.807) is 18.2 Å². The molecule has 0 bridgehead atoms. The smallest absolute Gasteiger partial charge is 0.336 e. The average molecular weight is 160 g/mol. The van der Waals surface area contributed by atoms with E-state index in [9.17, 15) is 4.79 Å². The molecule has 1 radical (unpaired) electrons. The Hall–Kier alpha value is -1.77. The number of hydrogen-bond donors (Lipinski definition) is 2. The van der Waals surface area contributed by atoms with Gasteiger partial charge in [0, 0.05) is 10.9 Å². The molecule has 0 amide bonds. The number of aromatic carboxylic acids is 1. The van der Waals surface area contributed by atoms with E-state index < -0.39 is 5.97 Å². The maximum atomic E-state index is 10.7. The van der Waals surface area contributed by atoms with Gasteiger partial charge in [-0.25, -0.2) is 4.79 Å². The van der Waals surface area contributed by atoms with Gasteiger partial charge in [-0.2, -0.15) is 0 Å². The van der Waals surface area contributed by atoms with Crippen molar-refractivity contribution in [1.82, 2.24) is 4.98 Å². The fourth-order valence-electron chi connectivity index (χ4n) is 1.20. The van der Waals surface area contributed by atoms with E-state index in [-0.39, 0.29) is 0 Å². The SMILES string of the molecule is O=C(O)c1cccc2[nH][c]cc12. The number of carboxylic acids is 1. The quantitative estimate of drug-likeness (QED) is 0.666. The van der Waals surface area contributed by atoms with Gasteiger partial charge >= 0.3 is 5.97 Å². The van der Waals surface area contributed by atoms with Gasteiger partial charge in [-0.3, -0.25) is 0 Å². The summed E-state index contributed by atoms with van der Waals surface area (Å²) < 4.78 is 0. The fraction of sp³-hybridized carbons (Fsp3) is 0. The van der Waals surface area contributed by atoms with Crippen LogP contribution in [0.5, 0.6) is 0 Å². The van der Waals surface area contributed by atoms with Crippen molar-refractivity contribution < 1.29 is 9.90 Å². The molecule has 12 heavy (non-hydrogen) atoms. The maximum absolute atomic E-state index is 10.7. The first-order valence-electron chi connectivity index (χ1n) is 3.50. The lowest BCUT2D eigenvalue weighted by molar-refractivity contribution is 0.0699. The van der Waals surface area contributed by atoms with Gasteiger partial charge in [-0.15, -0.1) is 0 Å². The summed E-state index contributed by atoms with van der Waals surface area (Å²) in [5, 5.41) is 9.47. The molecule has 0 saturated carbocycles. The number of carbonyl (C=O) groups is 1. The van der Waals surface area contributed by atoms with Crippen LogP contribution in [0.15, 0.2) is 24.3 Å². The predicted molar refractivity (Wildman–Crippen MR) is 44.1 cm³/mol. The molecule has 2 rings (SSSR count). The Bertz CT molecular complexity index is 431. The summed E-state index contributed by atoms with van der Waals surface area (Å²) in [6.07, 6.45) is 2.74. The van der Waals surface area contributed by atoms with Crippen molar-refractivity contribution in [3.8, 4) is 0 Å². The first-order chi connectivity index (χ1) is 5.79. The minimum Gasteiger partial charge on any atom is -0.478 e. The van der Waals surface area contributed by atoms with Gasteiger partial charge in [0.2, 0.25) is 0 Å². The van der Waals surface area contributed by atoms with Gasteiger partial charge < -0.3 is 10.1 Å². The molecular formula is C9H6NO2. The van der Waals surface area contributed by atoms with Crippen molar-refractivity contribution in [3.63, 3.8) is 0 Å². The minimum atomic E-state index is -0.909.